The Morgan fingerprint density at radius 1 is 1.40 bits per heavy atom. The summed E-state index contributed by atoms with van der Waals surface area (Å²) in [5.41, 5.74) is 2.10. The van der Waals surface area contributed by atoms with Crippen LogP contribution in [0, 0.1) is 13.0 Å². The highest BCUT2D eigenvalue weighted by molar-refractivity contribution is 5.45. The molecule has 0 saturated carbocycles. The normalized spacial score (nSPS) is 9.50. The zero-order valence-corrected chi connectivity index (χ0v) is 6.39. The fourth-order valence-electron chi connectivity index (χ4n) is 0.727. The van der Waals surface area contributed by atoms with Gasteiger partial charge in [-0.2, -0.15) is 0 Å². The summed E-state index contributed by atoms with van der Waals surface area (Å²) in [5.74, 6) is 0. The predicted molar refractivity (Wildman–Crippen MR) is 44.1 cm³/mol. The van der Waals surface area contributed by atoms with E-state index in [1.807, 2.05) is 37.2 Å². The number of rotatable bonds is 1. The van der Waals surface area contributed by atoms with Crippen molar-refractivity contribution < 1.29 is 0 Å². The van der Waals surface area contributed by atoms with Crippen molar-refractivity contribution in [1.29, 1.82) is 0 Å². The average molecular weight is 133 g/mol. The molecule has 0 fully saturated rings. The van der Waals surface area contributed by atoms with E-state index in [4.69, 9.17) is 0 Å². The van der Waals surface area contributed by atoms with Gasteiger partial charge < -0.3 is 4.90 Å². The summed E-state index contributed by atoms with van der Waals surface area (Å²) < 4.78 is 0. The number of hydrogen-bond donors (Lipinski definition) is 0. The molecule has 1 aromatic rings. The molecule has 10 heavy (non-hydrogen) atoms. The lowest BCUT2D eigenvalue weighted by Crippen LogP contribution is -2.07. The van der Waals surface area contributed by atoms with Gasteiger partial charge in [-0.3, -0.25) is 0 Å². The molecule has 0 heterocycles. The van der Waals surface area contributed by atoms with Crippen molar-refractivity contribution in [3.8, 4) is 0 Å². The second kappa shape index (κ2) is 2.74. The van der Waals surface area contributed by atoms with Gasteiger partial charge in [-0.1, -0.05) is 6.07 Å². The van der Waals surface area contributed by atoms with Gasteiger partial charge in [0.2, 0.25) is 0 Å². The van der Waals surface area contributed by atoms with Crippen molar-refractivity contribution in [2.24, 2.45) is 0 Å². The van der Waals surface area contributed by atoms with Gasteiger partial charge in [-0.25, -0.2) is 0 Å². The van der Waals surface area contributed by atoms with Crippen LogP contribution in [0.15, 0.2) is 18.2 Å². The molecule has 0 aromatic heterocycles. The smallest absolute Gasteiger partial charge is 0.0367 e. The summed E-state index contributed by atoms with van der Waals surface area (Å²) in [6.45, 7) is 3.75. The van der Waals surface area contributed by atoms with Gasteiger partial charge in [0.25, 0.3) is 0 Å². The van der Waals surface area contributed by atoms with Crippen LogP contribution in [0.5, 0.6) is 0 Å². The summed E-state index contributed by atoms with van der Waals surface area (Å²) in [6, 6.07) is 8.94. The molecule has 0 bridgehead atoms. The Morgan fingerprint density at radius 2 is 2.10 bits per heavy atom. The lowest BCUT2D eigenvalue weighted by atomic mass is 10.2. The lowest BCUT2D eigenvalue weighted by molar-refractivity contribution is 1.13. The van der Waals surface area contributed by atoms with Crippen molar-refractivity contribution in [1.82, 2.24) is 0 Å². The molecule has 1 rings (SSSR count). The van der Waals surface area contributed by atoms with Crippen molar-refractivity contribution in [3.05, 3.63) is 36.8 Å². The molecule has 1 aromatic carbocycles. The molecule has 0 aliphatic carbocycles. The van der Waals surface area contributed by atoms with Crippen molar-refractivity contribution in [3.63, 3.8) is 0 Å². The third-order valence-corrected chi connectivity index (χ3v) is 1.38. The van der Waals surface area contributed by atoms with E-state index in [9.17, 15) is 0 Å². The van der Waals surface area contributed by atoms with Crippen LogP contribution >= 0.6 is 0 Å². The molecular formula is C9H11N. The van der Waals surface area contributed by atoms with Crippen LogP contribution in [0.2, 0.25) is 0 Å². The van der Waals surface area contributed by atoms with Gasteiger partial charge in [-0.05, 0) is 30.7 Å². The second-order valence-electron chi connectivity index (χ2n) is 2.47. The van der Waals surface area contributed by atoms with Gasteiger partial charge in [0.15, 0.2) is 0 Å². The van der Waals surface area contributed by atoms with E-state index in [0.29, 0.717) is 0 Å². The molecule has 0 aliphatic heterocycles. The van der Waals surface area contributed by atoms with E-state index < -0.39 is 0 Å². The number of nitrogens with zero attached hydrogens (tertiary/aromatic N) is 1. The number of anilines is 1. The summed E-state index contributed by atoms with van der Waals surface area (Å²) in [6.07, 6.45) is 0. The average Bonchev–Trinajstić information content (AvgIpc) is 1.88. The van der Waals surface area contributed by atoms with E-state index >= 15 is 0 Å². The number of benzene rings is 1. The van der Waals surface area contributed by atoms with Gasteiger partial charge in [-0.15, -0.1) is 0 Å². The fourth-order valence-corrected chi connectivity index (χ4v) is 0.727. The molecule has 52 valence electrons. The molecule has 0 N–H and O–H groups in total. The third kappa shape index (κ3) is 1.50. The Bertz CT molecular complexity index is 198. The highest BCUT2D eigenvalue weighted by Crippen LogP contribution is 2.10. The molecule has 0 saturated heterocycles. The lowest BCUT2D eigenvalue weighted by Gasteiger charge is -2.11. The zero-order valence-electron chi connectivity index (χ0n) is 6.39. The summed E-state index contributed by atoms with van der Waals surface area (Å²) in [7, 11) is 4.01. The van der Waals surface area contributed by atoms with Crippen LogP contribution in [0.4, 0.5) is 5.69 Å². The van der Waals surface area contributed by atoms with Crippen molar-refractivity contribution >= 4 is 5.69 Å². The molecule has 1 heteroatoms. The van der Waals surface area contributed by atoms with E-state index in [1.54, 1.807) is 0 Å². The molecule has 2 radical (unpaired) electrons. The van der Waals surface area contributed by atoms with Crippen LogP contribution < -0.4 is 4.90 Å². The standard InChI is InChI=1S/C9H11N/c1-8-4-6-9(7-5-8)10(2)3/h4,6-7H,1H2,2-3H3. The largest absolute Gasteiger partial charge is 0.378 e. The van der Waals surface area contributed by atoms with E-state index in [-0.39, 0.29) is 0 Å². The fraction of sp³-hybridized carbons (Fsp3) is 0.222. The van der Waals surface area contributed by atoms with Gasteiger partial charge in [0.1, 0.15) is 0 Å². The predicted octanol–water partition coefficient (Wildman–Crippen LogP) is 1.73. The topological polar surface area (TPSA) is 3.24 Å². The summed E-state index contributed by atoms with van der Waals surface area (Å²) >= 11 is 0. The monoisotopic (exact) mass is 133 g/mol. The minimum absolute atomic E-state index is 0.936. The first-order chi connectivity index (χ1) is 4.70. The SMILES string of the molecule is [CH2]c1[c]cc(N(C)C)cc1. The van der Waals surface area contributed by atoms with Crippen LogP contribution in [-0.4, -0.2) is 14.1 Å². The zero-order chi connectivity index (χ0) is 7.56. The maximum absolute atomic E-state index is 3.75. The third-order valence-electron chi connectivity index (χ3n) is 1.38. The Kier molecular flexibility index (Phi) is 1.95. The van der Waals surface area contributed by atoms with Crippen LogP contribution in [0.1, 0.15) is 5.56 Å². The Hall–Kier alpha value is -0.980. The molecule has 0 spiro atoms. The van der Waals surface area contributed by atoms with Crippen molar-refractivity contribution in [2.45, 2.75) is 0 Å². The number of hydrogen-bond acceptors (Lipinski definition) is 1. The molecule has 0 aliphatic rings. The molecule has 0 unspecified atom stereocenters. The minimum Gasteiger partial charge on any atom is -0.378 e. The summed E-state index contributed by atoms with van der Waals surface area (Å²) in [4.78, 5) is 2.04. The molecular weight excluding hydrogens is 122 g/mol. The van der Waals surface area contributed by atoms with Gasteiger partial charge in [0.05, 0.1) is 0 Å². The Balaban J connectivity index is 2.89. The maximum Gasteiger partial charge on any atom is 0.0367 e. The van der Waals surface area contributed by atoms with Crippen LogP contribution in [0.3, 0.4) is 0 Å². The van der Waals surface area contributed by atoms with Crippen LogP contribution in [0.25, 0.3) is 0 Å². The van der Waals surface area contributed by atoms with Gasteiger partial charge >= 0.3 is 0 Å². The van der Waals surface area contributed by atoms with Crippen molar-refractivity contribution in [2.75, 3.05) is 19.0 Å². The molecule has 0 amide bonds. The quantitative estimate of drug-likeness (QED) is 0.564. The molecule has 0 atom stereocenters. The highest BCUT2D eigenvalue weighted by atomic mass is 15.1. The van der Waals surface area contributed by atoms with E-state index in [1.165, 1.54) is 0 Å². The first-order valence-corrected chi connectivity index (χ1v) is 3.21. The first kappa shape index (κ1) is 7.13. The van der Waals surface area contributed by atoms with Gasteiger partial charge in [0, 0.05) is 19.8 Å². The first-order valence-electron chi connectivity index (χ1n) is 3.21. The van der Waals surface area contributed by atoms with Crippen LogP contribution in [-0.2, 0) is 0 Å². The minimum atomic E-state index is 0.936. The summed E-state index contributed by atoms with van der Waals surface area (Å²) in [5, 5.41) is 0. The highest BCUT2D eigenvalue weighted by Gasteiger charge is 1.91. The Morgan fingerprint density at radius 3 is 2.50 bits per heavy atom. The molecule has 1 nitrogen and oxygen atoms in total. The maximum atomic E-state index is 3.75. The van der Waals surface area contributed by atoms with E-state index in [2.05, 4.69) is 13.0 Å². The van der Waals surface area contributed by atoms with E-state index in [0.717, 1.165) is 11.3 Å². The Labute approximate surface area is 62.3 Å². The second-order valence-corrected chi connectivity index (χ2v) is 2.47.